The van der Waals surface area contributed by atoms with Crippen molar-refractivity contribution in [3.63, 3.8) is 0 Å². The lowest BCUT2D eigenvalue weighted by Crippen LogP contribution is -2.01. The average Bonchev–Trinajstić information content (AvgIpc) is 2.98. The largest absolute Gasteiger partial charge is 0.444 e. The minimum Gasteiger partial charge on any atom is -0.444 e. The summed E-state index contributed by atoms with van der Waals surface area (Å²) in [7, 11) is 0. The molecule has 0 aliphatic carbocycles. The summed E-state index contributed by atoms with van der Waals surface area (Å²) in [6.07, 6.45) is 1.67. The van der Waals surface area contributed by atoms with Crippen LogP contribution in [0.25, 0.3) is 11.0 Å². The van der Waals surface area contributed by atoms with E-state index in [1.54, 1.807) is 12.3 Å². The number of hydrogen-bond donors (Lipinski definition) is 2. The molecular weight excluding hydrogens is 234 g/mol. The molecule has 7 heteroatoms. The van der Waals surface area contributed by atoms with E-state index in [4.69, 9.17) is 10.2 Å². The molecule has 92 valence electrons. The molecule has 0 radical (unpaired) electrons. The van der Waals surface area contributed by atoms with Crippen molar-refractivity contribution in [3.8, 4) is 0 Å². The van der Waals surface area contributed by atoms with Crippen LogP contribution in [0.3, 0.4) is 0 Å². The Morgan fingerprint density at radius 1 is 1.28 bits per heavy atom. The van der Waals surface area contributed by atoms with Gasteiger partial charge in [0.2, 0.25) is 5.89 Å². The molecule has 0 fully saturated rings. The summed E-state index contributed by atoms with van der Waals surface area (Å²) >= 11 is 0. The fourth-order valence-corrected chi connectivity index (χ4v) is 1.68. The van der Waals surface area contributed by atoms with Crippen molar-refractivity contribution < 1.29 is 9.05 Å². The summed E-state index contributed by atoms with van der Waals surface area (Å²) in [4.78, 5) is 4.10. The third-order valence-corrected chi connectivity index (χ3v) is 2.55. The molecular formula is C11H11N5O2. The maximum absolute atomic E-state index is 5.76. The number of oxazole rings is 1. The van der Waals surface area contributed by atoms with Gasteiger partial charge in [0, 0.05) is 0 Å². The van der Waals surface area contributed by atoms with Crippen molar-refractivity contribution in [2.45, 2.75) is 13.5 Å². The Morgan fingerprint density at radius 2 is 2.11 bits per heavy atom. The number of nitrogens with two attached hydrogens (primary N) is 1. The first-order chi connectivity index (χ1) is 8.74. The quantitative estimate of drug-likeness (QED) is 0.677. The second-order valence-corrected chi connectivity index (χ2v) is 3.88. The van der Waals surface area contributed by atoms with E-state index in [-0.39, 0.29) is 0 Å². The van der Waals surface area contributed by atoms with Gasteiger partial charge in [-0.15, -0.1) is 0 Å². The zero-order chi connectivity index (χ0) is 12.5. The van der Waals surface area contributed by atoms with E-state index in [0.717, 1.165) is 11.4 Å². The van der Waals surface area contributed by atoms with Crippen LogP contribution < -0.4 is 11.1 Å². The molecule has 3 rings (SSSR count). The fourth-order valence-electron chi connectivity index (χ4n) is 1.68. The topological polar surface area (TPSA) is 103 Å². The smallest absolute Gasteiger partial charge is 0.213 e. The Kier molecular flexibility index (Phi) is 2.36. The van der Waals surface area contributed by atoms with Gasteiger partial charge in [0.05, 0.1) is 24.1 Å². The predicted molar refractivity (Wildman–Crippen MR) is 64.8 cm³/mol. The van der Waals surface area contributed by atoms with E-state index in [0.29, 0.717) is 29.2 Å². The van der Waals surface area contributed by atoms with Gasteiger partial charge in [-0.3, -0.25) is 0 Å². The highest BCUT2D eigenvalue weighted by atomic mass is 16.6. The van der Waals surface area contributed by atoms with E-state index < -0.39 is 0 Å². The van der Waals surface area contributed by atoms with Gasteiger partial charge >= 0.3 is 0 Å². The lowest BCUT2D eigenvalue weighted by molar-refractivity contribution is 0.315. The molecule has 0 spiro atoms. The molecule has 0 aliphatic rings. The summed E-state index contributed by atoms with van der Waals surface area (Å²) in [5.74, 6) is 1.38. The Morgan fingerprint density at radius 3 is 2.89 bits per heavy atom. The summed E-state index contributed by atoms with van der Waals surface area (Å²) < 4.78 is 10.0. The van der Waals surface area contributed by atoms with Crippen LogP contribution in [0.4, 0.5) is 11.4 Å². The maximum Gasteiger partial charge on any atom is 0.213 e. The zero-order valence-electron chi connectivity index (χ0n) is 9.67. The minimum absolute atomic E-state index is 0.458. The molecule has 0 atom stereocenters. The van der Waals surface area contributed by atoms with Crippen LogP contribution in [-0.2, 0) is 6.54 Å². The van der Waals surface area contributed by atoms with Gasteiger partial charge in [-0.05, 0) is 29.4 Å². The highest BCUT2D eigenvalue weighted by Crippen LogP contribution is 2.25. The first-order valence-electron chi connectivity index (χ1n) is 5.40. The molecule has 0 unspecified atom stereocenters. The van der Waals surface area contributed by atoms with Crippen molar-refractivity contribution >= 4 is 22.4 Å². The second kappa shape index (κ2) is 4.02. The van der Waals surface area contributed by atoms with Crippen LogP contribution in [-0.4, -0.2) is 15.3 Å². The van der Waals surface area contributed by atoms with Crippen molar-refractivity contribution in [1.82, 2.24) is 15.3 Å². The molecule has 0 amide bonds. The van der Waals surface area contributed by atoms with E-state index in [9.17, 15) is 0 Å². The van der Waals surface area contributed by atoms with Gasteiger partial charge in [0.25, 0.3) is 0 Å². The molecule has 0 bridgehead atoms. The molecule has 2 aromatic heterocycles. The molecule has 3 N–H and O–H groups in total. The highest BCUT2D eigenvalue weighted by Gasteiger charge is 2.10. The van der Waals surface area contributed by atoms with Crippen molar-refractivity contribution in [2.75, 3.05) is 11.1 Å². The molecule has 0 aliphatic heterocycles. The lowest BCUT2D eigenvalue weighted by atomic mass is 10.2. The maximum atomic E-state index is 5.76. The van der Waals surface area contributed by atoms with Crippen LogP contribution in [0.5, 0.6) is 0 Å². The molecule has 3 aromatic rings. The number of fused-ring (bicyclic) bond motifs is 1. The van der Waals surface area contributed by atoms with Crippen LogP contribution in [0.15, 0.2) is 27.4 Å². The number of nitrogens with one attached hydrogen (secondary N) is 1. The van der Waals surface area contributed by atoms with Crippen molar-refractivity contribution in [1.29, 1.82) is 0 Å². The Hall–Kier alpha value is -2.57. The highest BCUT2D eigenvalue weighted by molar-refractivity contribution is 5.94. The second-order valence-electron chi connectivity index (χ2n) is 3.88. The third kappa shape index (κ3) is 1.75. The normalized spacial score (nSPS) is 10.9. The molecule has 18 heavy (non-hydrogen) atoms. The van der Waals surface area contributed by atoms with Gasteiger partial charge < -0.3 is 15.5 Å². The van der Waals surface area contributed by atoms with Crippen molar-refractivity contribution in [2.24, 2.45) is 0 Å². The standard InChI is InChI=1S/C11H11N5O2/c1-6-4-14-9(17-6)5-13-8-3-2-7(12)10-11(8)16-18-15-10/h2-4,13H,5,12H2,1H3. The van der Waals surface area contributed by atoms with E-state index in [2.05, 4.69) is 25.2 Å². The predicted octanol–water partition coefficient (Wildman–Crippen LogP) is 1.71. The average molecular weight is 245 g/mol. The Balaban J connectivity index is 1.86. The van der Waals surface area contributed by atoms with E-state index in [1.807, 2.05) is 13.0 Å². The number of hydrogen-bond acceptors (Lipinski definition) is 7. The zero-order valence-corrected chi connectivity index (χ0v) is 9.67. The van der Waals surface area contributed by atoms with E-state index in [1.165, 1.54) is 0 Å². The summed E-state index contributed by atoms with van der Waals surface area (Å²) in [6, 6.07) is 3.56. The van der Waals surface area contributed by atoms with Crippen LogP contribution in [0.1, 0.15) is 11.7 Å². The van der Waals surface area contributed by atoms with Gasteiger partial charge in [-0.1, -0.05) is 0 Å². The lowest BCUT2D eigenvalue weighted by Gasteiger charge is -2.04. The monoisotopic (exact) mass is 245 g/mol. The van der Waals surface area contributed by atoms with Gasteiger partial charge in [-0.2, -0.15) is 0 Å². The fraction of sp³-hybridized carbons (Fsp3) is 0.182. The Labute approximate surface area is 102 Å². The van der Waals surface area contributed by atoms with Gasteiger partial charge in [-0.25, -0.2) is 9.61 Å². The number of anilines is 2. The van der Waals surface area contributed by atoms with Crippen LogP contribution >= 0.6 is 0 Å². The number of aryl methyl sites for hydroxylation is 1. The summed E-state index contributed by atoms with van der Waals surface area (Å²) in [5.41, 5.74) is 8.21. The molecule has 0 saturated carbocycles. The van der Waals surface area contributed by atoms with Crippen molar-refractivity contribution in [3.05, 3.63) is 30.0 Å². The molecule has 7 nitrogen and oxygen atoms in total. The first kappa shape index (κ1) is 10.6. The van der Waals surface area contributed by atoms with E-state index >= 15 is 0 Å². The van der Waals surface area contributed by atoms with Crippen LogP contribution in [0, 0.1) is 6.92 Å². The molecule has 2 heterocycles. The van der Waals surface area contributed by atoms with Gasteiger partial charge in [0.1, 0.15) is 5.76 Å². The van der Waals surface area contributed by atoms with Gasteiger partial charge in [0.15, 0.2) is 11.0 Å². The number of nitrogen functional groups attached to an aromatic ring is 1. The summed E-state index contributed by atoms with van der Waals surface area (Å²) in [6.45, 7) is 2.30. The SMILES string of the molecule is Cc1cnc(CNc2ccc(N)c3nonc23)o1. The van der Waals surface area contributed by atoms with Crippen LogP contribution in [0.2, 0.25) is 0 Å². The molecule has 1 aromatic carbocycles. The number of rotatable bonds is 3. The third-order valence-electron chi connectivity index (χ3n) is 2.55. The number of nitrogens with zero attached hydrogens (tertiary/aromatic N) is 3. The minimum atomic E-state index is 0.458. The molecule has 0 saturated heterocycles. The number of aromatic nitrogens is 3. The number of benzene rings is 1. The Bertz CT molecular complexity index is 688. The first-order valence-corrected chi connectivity index (χ1v) is 5.40. The summed E-state index contributed by atoms with van der Waals surface area (Å²) in [5, 5.41) is 10.7.